The van der Waals surface area contributed by atoms with Gasteiger partial charge in [0, 0.05) is 10.9 Å². The standard InChI is InChI=1S/C15H12N2OS/c1-2-4-12(5-3-1)10-18-14-8-16-15(17-9-14)13-6-7-19-11-13/h1-9,11H,10H2. The number of nitrogens with zero attached hydrogens (tertiary/aromatic N) is 2. The maximum atomic E-state index is 5.64. The Hall–Kier alpha value is -2.20. The molecule has 2 heterocycles. The van der Waals surface area contributed by atoms with E-state index in [2.05, 4.69) is 9.97 Å². The Bertz CT molecular complexity index is 621. The van der Waals surface area contributed by atoms with Gasteiger partial charge in [0.2, 0.25) is 0 Å². The van der Waals surface area contributed by atoms with Crippen LogP contribution in [0.25, 0.3) is 11.4 Å². The van der Waals surface area contributed by atoms with E-state index in [1.165, 1.54) is 0 Å². The molecular formula is C15H12N2OS. The van der Waals surface area contributed by atoms with Gasteiger partial charge in [0.05, 0.1) is 12.4 Å². The van der Waals surface area contributed by atoms with Crippen LogP contribution in [0.3, 0.4) is 0 Å². The van der Waals surface area contributed by atoms with E-state index >= 15 is 0 Å². The first kappa shape index (κ1) is 11.9. The van der Waals surface area contributed by atoms with Crippen LogP contribution in [0.15, 0.2) is 59.6 Å². The Morgan fingerprint density at radius 3 is 2.47 bits per heavy atom. The molecule has 3 nitrogen and oxygen atoms in total. The molecule has 0 unspecified atom stereocenters. The van der Waals surface area contributed by atoms with Crippen LogP contribution in [0.5, 0.6) is 5.75 Å². The number of hydrogen-bond donors (Lipinski definition) is 0. The van der Waals surface area contributed by atoms with Crippen LogP contribution in [-0.2, 0) is 6.61 Å². The molecule has 0 N–H and O–H groups in total. The Morgan fingerprint density at radius 1 is 1.00 bits per heavy atom. The zero-order valence-corrected chi connectivity index (χ0v) is 11.0. The van der Waals surface area contributed by atoms with Crippen molar-refractivity contribution in [1.82, 2.24) is 9.97 Å². The van der Waals surface area contributed by atoms with E-state index in [9.17, 15) is 0 Å². The summed E-state index contributed by atoms with van der Waals surface area (Å²) in [6.07, 6.45) is 3.42. The number of hydrogen-bond acceptors (Lipinski definition) is 4. The summed E-state index contributed by atoms with van der Waals surface area (Å²) in [5.41, 5.74) is 2.17. The monoisotopic (exact) mass is 268 g/mol. The van der Waals surface area contributed by atoms with E-state index in [1.807, 2.05) is 47.2 Å². The molecule has 0 bridgehead atoms. The summed E-state index contributed by atoms with van der Waals surface area (Å²) < 4.78 is 5.64. The zero-order valence-electron chi connectivity index (χ0n) is 10.2. The molecule has 2 aromatic heterocycles. The van der Waals surface area contributed by atoms with Crippen LogP contribution in [0, 0.1) is 0 Å². The fourth-order valence-corrected chi connectivity index (χ4v) is 2.31. The molecule has 19 heavy (non-hydrogen) atoms. The van der Waals surface area contributed by atoms with Crippen molar-refractivity contribution in [2.45, 2.75) is 6.61 Å². The van der Waals surface area contributed by atoms with E-state index in [1.54, 1.807) is 23.7 Å². The molecule has 4 heteroatoms. The third kappa shape index (κ3) is 2.98. The lowest BCUT2D eigenvalue weighted by Crippen LogP contribution is -1.96. The molecule has 0 saturated heterocycles. The van der Waals surface area contributed by atoms with Crippen LogP contribution < -0.4 is 4.74 Å². The lowest BCUT2D eigenvalue weighted by molar-refractivity contribution is 0.303. The van der Waals surface area contributed by atoms with Crippen molar-refractivity contribution in [2.24, 2.45) is 0 Å². The minimum absolute atomic E-state index is 0.530. The summed E-state index contributed by atoms with van der Waals surface area (Å²) in [6, 6.07) is 12.0. The fourth-order valence-electron chi connectivity index (χ4n) is 1.67. The Kier molecular flexibility index (Phi) is 3.51. The Labute approximate surface area is 115 Å². The second-order valence-electron chi connectivity index (χ2n) is 4.03. The summed E-state index contributed by atoms with van der Waals surface area (Å²) in [5.74, 6) is 1.41. The van der Waals surface area contributed by atoms with Gasteiger partial charge in [-0.3, -0.25) is 0 Å². The normalized spacial score (nSPS) is 10.3. The molecule has 1 aromatic carbocycles. The number of rotatable bonds is 4. The molecule has 0 fully saturated rings. The minimum Gasteiger partial charge on any atom is -0.486 e. The smallest absolute Gasteiger partial charge is 0.160 e. The quantitative estimate of drug-likeness (QED) is 0.722. The van der Waals surface area contributed by atoms with Crippen molar-refractivity contribution < 1.29 is 4.74 Å². The predicted octanol–water partition coefficient (Wildman–Crippen LogP) is 3.78. The van der Waals surface area contributed by atoms with E-state index in [0.29, 0.717) is 12.4 Å². The SMILES string of the molecule is c1ccc(COc2cnc(-c3ccsc3)nc2)cc1. The van der Waals surface area contributed by atoms with Crippen LogP contribution in [0.4, 0.5) is 0 Å². The maximum Gasteiger partial charge on any atom is 0.160 e. The van der Waals surface area contributed by atoms with Crippen molar-refractivity contribution in [1.29, 1.82) is 0 Å². The summed E-state index contributed by atoms with van der Waals surface area (Å²) >= 11 is 1.63. The third-order valence-electron chi connectivity index (χ3n) is 2.66. The van der Waals surface area contributed by atoms with Crippen LogP contribution >= 0.6 is 11.3 Å². The van der Waals surface area contributed by atoms with Crippen LogP contribution in [0.2, 0.25) is 0 Å². The van der Waals surface area contributed by atoms with Gasteiger partial charge in [0.1, 0.15) is 6.61 Å². The molecule has 0 amide bonds. The van der Waals surface area contributed by atoms with Crippen molar-refractivity contribution in [3.63, 3.8) is 0 Å². The van der Waals surface area contributed by atoms with E-state index in [0.717, 1.165) is 17.0 Å². The molecule has 94 valence electrons. The summed E-state index contributed by atoms with van der Waals surface area (Å²) in [7, 11) is 0. The fraction of sp³-hybridized carbons (Fsp3) is 0.0667. The zero-order chi connectivity index (χ0) is 12.9. The molecule has 3 rings (SSSR count). The largest absolute Gasteiger partial charge is 0.486 e. The first-order valence-electron chi connectivity index (χ1n) is 5.93. The van der Waals surface area contributed by atoms with Gasteiger partial charge in [-0.25, -0.2) is 9.97 Å². The Balaban J connectivity index is 1.67. The Morgan fingerprint density at radius 2 is 1.79 bits per heavy atom. The van der Waals surface area contributed by atoms with Crippen molar-refractivity contribution in [3.8, 4) is 17.1 Å². The first-order valence-corrected chi connectivity index (χ1v) is 6.87. The second-order valence-corrected chi connectivity index (χ2v) is 4.81. The molecule has 3 aromatic rings. The summed E-state index contributed by atoms with van der Waals surface area (Å²) in [5, 5.41) is 4.04. The molecule has 0 aliphatic heterocycles. The van der Waals surface area contributed by atoms with Gasteiger partial charge >= 0.3 is 0 Å². The van der Waals surface area contributed by atoms with Crippen molar-refractivity contribution in [3.05, 3.63) is 65.1 Å². The highest BCUT2D eigenvalue weighted by atomic mass is 32.1. The molecule has 0 saturated carbocycles. The van der Waals surface area contributed by atoms with E-state index < -0.39 is 0 Å². The average Bonchev–Trinajstić information content (AvgIpc) is 3.01. The van der Waals surface area contributed by atoms with E-state index in [4.69, 9.17) is 4.74 Å². The maximum absolute atomic E-state index is 5.64. The van der Waals surface area contributed by atoms with E-state index in [-0.39, 0.29) is 0 Å². The van der Waals surface area contributed by atoms with Gasteiger partial charge in [-0.1, -0.05) is 30.3 Å². The van der Waals surface area contributed by atoms with Crippen molar-refractivity contribution >= 4 is 11.3 Å². The lowest BCUT2D eigenvalue weighted by atomic mass is 10.2. The first-order chi connectivity index (χ1) is 9.42. The van der Waals surface area contributed by atoms with Crippen LogP contribution in [-0.4, -0.2) is 9.97 Å². The average molecular weight is 268 g/mol. The highest BCUT2D eigenvalue weighted by molar-refractivity contribution is 7.08. The summed E-state index contributed by atoms with van der Waals surface area (Å²) in [6.45, 7) is 0.530. The summed E-state index contributed by atoms with van der Waals surface area (Å²) in [4.78, 5) is 8.61. The van der Waals surface area contributed by atoms with Gasteiger partial charge in [-0.2, -0.15) is 11.3 Å². The molecule has 0 aliphatic carbocycles. The van der Waals surface area contributed by atoms with Crippen LogP contribution in [0.1, 0.15) is 5.56 Å². The molecule has 0 radical (unpaired) electrons. The lowest BCUT2D eigenvalue weighted by Gasteiger charge is -2.05. The molecule has 0 aliphatic rings. The number of thiophene rings is 1. The van der Waals surface area contributed by atoms with Gasteiger partial charge in [-0.15, -0.1) is 0 Å². The molecule has 0 atom stereocenters. The molecular weight excluding hydrogens is 256 g/mol. The topological polar surface area (TPSA) is 35.0 Å². The van der Waals surface area contributed by atoms with Gasteiger partial charge in [-0.05, 0) is 17.0 Å². The second kappa shape index (κ2) is 5.63. The number of aromatic nitrogens is 2. The van der Waals surface area contributed by atoms with Gasteiger partial charge < -0.3 is 4.74 Å². The number of benzene rings is 1. The third-order valence-corrected chi connectivity index (χ3v) is 3.34. The molecule has 0 spiro atoms. The highest BCUT2D eigenvalue weighted by Crippen LogP contribution is 2.19. The minimum atomic E-state index is 0.530. The highest BCUT2D eigenvalue weighted by Gasteiger charge is 2.02. The number of ether oxygens (including phenoxy) is 1. The van der Waals surface area contributed by atoms with Gasteiger partial charge in [0.25, 0.3) is 0 Å². The predicted molar refractivity (Wildman–Crippen MR) is 76.1 cm³/mol. The van der Waals surface area contributed by atoms with Crippen molar-refractivity contribution in [2.75, 3.05) is 0 Å². The van der Waals surface area contributed by atoms with Gasteiger partial charge in [0.15, 0.2) is 11.6 Å².